The summed E-state index contributed by atoms with van der Waals surface area (Å²) in [6.07, 6.45) is 0. The fraction of sp³-hybridized carbons (Fsp3) is 0.364. The predicted octanol–water partition coefficient (Wildman–Crippen LogP) is 1.12. The number of benzene rings is 1. The van der Waals surface area contributed by atoms with Crippen LogP contribution >= 0.6 is 0 Å². The Morgan fingerprint density at radius 2 is 2.27 bits per heavy atom. The molecular formula is C11H14N2O2. The van der Waals surface area contributed by atoms with Crippen LogP contribution in [0.25, 0.3) is 0 Å². The van der Waals surface area contributed by atoms with E-state index in [-0.39, 0.29) is 11.9 Å². The molecule has 0 aromatic heterocycles. The highest BCUT2D eigenvalue weighted by Crippen LogP contribution is 2.26. The Morgan fingerprint density at radius 1 is 1.53 bits per heavy atom. The number of ether oxygens (including phenoxy) is 1. The van der Waals surface area contributed by atoms with Crippen LogP contribution in [0.3, 0.4) is 0 Å². The van der Waals surface area contributed by atoms with E-state index >= 15 is 0 Å². The van der Waals surface area contributed by atoms with Crippen LogP contribution in [0.15, 0.2) is 18.2 Å². The average Bonchev–Trinajstić information content (AvgIpc) is 2.32. The van der Waals surface area contributed by atoms with Crippen molar-refractivity contribution in [1.29, 1.82) is 0 Å². The van der Waals surface area contributed by atoms with Gasteiger partial charge in [0.25, 0.3) is 5.91 Å². The molecule has 1 unspecified atom stereocenters. The van der Waals surface area contributed by atoms with Gasteiger partial charge in [-0.2, -0.15) is 0 Å². The summed E-state index contributed by atoms with van der Waals surface area (Å²) in [4.78, 5) is 13.6. The van der Waals surface area contributed by atoms with E-state index in [1.807, 2.05) is 6.92 Å². The van der Waals surface area contributed by atoms with Crippen LogP contribution in [0, 0.1) is 0 Å². The number of nitrogen functional groups attached to an aromatic ring is 1. The number of hydrogen-bond donors (Lipinski definition) is 1. The summed E-state index contributed by atoms with van der Waals surface area (Å²) in [5.41, 5.74) is 6.83. The molecule has 2 rings (SSSR count). The number of fused-ring (bicyclic) bond motifs is 1. The minimum Gasteiger partial charge on any atom is -0.491 e. The number of hydrogen-bond acceptors (Lipinski definition) is 3. The van der Waals surface area contributed by atoms with Crippen molar-refractivity contribution in [1.82, 2.24) is 4.90 Å². The molecule has 0 aliphatic carbocycles. The van der Waals surface area contributed by atoms with Crippen LogP contribution in [0.2, 0.25) is 0 Å². The number of amides is 1. The Hall–Kier alpha value is -1.71. The van der Waals surface area contributed by atoms with Crippen molar-refractivity contribution >= 4 is 11.6 Å². The Balaban J connectivity index is 2.47. The number of likely N-dealkylation sites (N-methyl/N-ethyl adjacent to an activating group) is 1. The van der Waals surface area contributed by atoms with Crippen LogP contribution in [0.5, 0.6) is 5.75 Å². The Labute approximate surface area is 88.6 Å². The van der Waals surface area contributed by atoms with Crippen molar-refractivity contribution in [3.63, 3.8) is 0 Å². The SMILES string of the molecule is CC1COc2cc(N)ccc2C(=O)N1C. The van der Waals surface area contributed by atoms with Gasteiger partial charge in [-0.25, -0.2) is 0 Å². The van der Waals surface area contributed by atoms with Gasteiger partial charge in [-0.3, -0.25) is 4.79 Å². The summed E-state index contributed by atoms with van der Waals surface area (Å²) in [7, 11) is 1.78. The predicted molar refractivity (Wildman–Crippen MR) is 57.9 cm³/mol. The number of anilines is 1. The third-order valence-electron chi connectivity index (χ3n) is 2.70. The fourth-order valence-corrected chi connectivity index (χ4v) is 1.55. The number of carbonyl (C=O) groups is 1. The van der Waals surface area contributed by atoms with Gasteiger partial charge in [-0.1, -0.05) is 0 Å². The molecule has 1 aromatic rings. The molecule has 2 N–H and O–H groups in total. The zero-order chi connectivity index (χ0) is 11.0. The minimum atomic E-state index is -0.0185. The second-order valence-electron chi connectivity index (χ2n) is 3.83. The summed E-state index contributed by atoms with van der Waals surface area (Å²) in [5, 5.41) is 0. The zero-order valence-electron chi connectivity index (χ0n) is 8.86. The number of carbonyl (C=O) groups excluding carboxylic acids is 1. The molecule has 4 heteroatoms. The van der Waals surface area contributed by atoms with Gasteiger partial charge >= 0.3 is 0 Å². The fourth-order valence-electron chi connectivity index (χ4n) is 1.55. The second-order valence-corrected chi connectivity index (χ2v) is 3.83. The highest BCUT2D eigenvalue weighted by molar-refractivity contribution is 5.97. The lowest BCUT2D eigenvalue weighted by Crippen LogP contribution is -2.36. The molecule has 1 heterocycles. The molecule has 1 aliphatic heterocycles. The van der Waals surface area contributed by atoms with E-state index in [4.69, 9.17) is 10.5 Å². The van der Waals surface area contributed by atoms with E-state index in [1.165, 1.54) is 0 Å². The molecule has 1 atom stereocenters. The Morgan fingerprint density at radius 3 is 3.00 bits per heavy atom. The summed E-state index contributed by atoms with van der Waals surface area (Å²) >= 11 is 0. The third kappa shape index (κ3) is 1.63. The lowest BCUT2D eigenvalue weighted by Gasteiger charge is -2.20. The van der Waals surface area contributed by atoms with Crippen molar-refractivity contribution in [2.75, 3.05) is 19.4 Å². The molecule has 4 nitrogen and oxygen atoms in total. The van der Waals surface area contributed by atoms with Crippen LogP contribution in [0.4, 0.5) is 5.69 Å². The van der Waals surface area contributed by atoms with Crippen LogP contribution in [0.1, 0.15) is 17.3 Å². The molecule has 15 heavy (non-hydrogen) atoms. The van der Waals surface area contributed by atoms with E-state index in [0.717, 1.165) is 0 Å². The van der Waals surface area contributed by atoms with E-state index in [2.05, 4.69) is 0 Å². The first-order chi connectivity index (χ1) is 7.09. The molecule has 0 saturated heterocycles. The molecule has 0 saturated carbocycles. The highest BCUT2D eigenvalue weighted by atomic mass is 16.5. The van der Waals surface area contributed by atoms with E-state index in [0.29, 0.717) is 23.6 Å². The molecule has 0 fully saturated rings. The molecule has 1 aliphatic rings. The van der Waals surface area contributed by atoms with Gasteiger partial charge in [0.2, 0.25) is 0 Å². The molecule has 1 aromatic carbocycles. The van der Waals surface area contributed by atoms with Crippen molar-refractivity contribution in [2.24, 2.45) is 0 Å². The van der Waals surface area contributed by atoms with Gasteiger partial charge < -0.3 is 15.4 Å². The third-order valence-corrected chi connectivity index (χ3v) is 2.70. The van der Waals surface area contributed by atoms with Gasteiger partial charge in [0.1, 0.15) is 12.4 Å². The summed E-state index contributed by atoms with van der Waals surface area (Å²) in [5.74, 6) is 0.561. The molecule has 1 amide bonds. The monoisotopic (exact) mass is 206 g/mol. The first kappa shape index (κ1) is 9.83. The van der Waals surface area contributed by atoms with Crippen LogP contribution in [-0.2, 0) is 0 Å². The smallest absolute Gasteiger partial charge is 0.257 e. The Kier molecular flexibility index (Phi) is 2.26. The Bertz CT molecular complexity index is 404. The molecule has 80 valence electrons. The minimum absolute atomic E-state index is 0.0185. The maximum atomic E-state index is 12.0. The molecule has 0 radical (unpaired) electrons. The maximum absolute atomic E-state index is 12.0. The topological polar surface area (TPSA) is 55.6 Å². The normalized spacial score (nSPS) is 20.5. The van der Waals surface area contributed by atoms with Crippen LogP contribution in [-0.4, -0.2) is 30.5 Å². The van der Waals surface area contributed by atoms with Gasteiger partial charge in [-0.15, -0.1) is 0 Å². The average molecular weight is 206 g/mol. The van der Waals surface area contributed by atoms with Crippen molar-refractivity contribution in [3.05, 3.63) is 23.8 Å². The van der Waals surface area contributed by atoms with Gasteiger partial charge in [0, 0.05) is 18.8 Å². The lowest BCUT2D eigenvalue weighted by molar-refractivity contribution is 0.0732. The van der Waals surface area contributed by atoms with E-state index in [1.54, 1.807) is 30.1 Å². The number of nitrogens with zero attached hydrogens (tertiary/aromatic N) is 1. The van der Waals surface area contributed by atoms with Gasteiger partial charge in [0.05, 0.1) is 11.6 Å². The number of nitrogens with two attached hydrogens (primary N) is 1. The summed E-state index contributed by atoms with van der Waals surface area (Å²) < 4.78 is 5.54. The van der Waals surface area contributed by atoms with E-state index < -0.39 is 0 Å². The quantitative estimate of drug-likeness (QED) is 0.647. The molecular weight excluding hydrogens is 192 g/mol. The zero-order valence-corrected chi connectivity index (χ0v) is 8.86. The maximum Gasteiger partial charge on any atom is 0.257 e. The van der Waals surface area contributed by atoms with E-state index in [9.17, 15) is 4.79 Å². The first-order valence-corrected chi connectivity index (χ1v) is 4.89. The molecule has 0 bridgehead atoms. The number of rotatable bonds is 0. The van der Waals surface area contributed by atoms with Crippen molar-refractivity contribution in [3.8, 4) is 5.75 Å². The second kappa shape index (κ2) is 3.46. The largest absolute Gasteiger partial charge is 0.491 e. The standard InChI is InChI=1S/C11H14N2O2/c1-7-6-15-10-5-8(12)3-4-9(10)11(14)13(7)2/h3-5,7H,6,12H2,1-2H3. The summed E-state index contributed by atoms with van der Waals surface area (Å²) in [6.45, 7) is 2.45. The van der Waals surface area contributed by atoms with Crippen molar-refractivity contribution in [2.45, 2.75) is 13.0 Å². The van der Waals surface area contributed by atoms with Crippen molar-refractivity contribution < 1.29 is 9.53 Å². The highest BCUT2D eigenvalue weighted by Gasteiger charge is 2.25. The summed E-state index contributed by atoms with van der Waals surface area (Å²) in [6, 6.07) is 5.19. The lowest BCUT2D eigenvalue weighted by atomic mass is 10.1. The first-order valence-electron chi connectivity index (χ1n) is 4.89. The van der Waals surface area contributed by atoms with Gasteiger partial charge in [-0.05, 0) is 19.1 Å². The molecule has 0 spiro atoms. The van der Waals surface area contributed by atoms with Crippen LogP contribution < -0.4 is 10.5 Å². The van der Waals surface area contributed by atoms with Gasteiger partial charge in [0.15, 0.2) is 0 Å².